The van der Waals surface area contributed by atoms with Gasteiger partial charge in [-0.1, -0.05) is 54.6 Å². The lowest BCUT2D eigenvalue weighted by Crippen LogP contribution is -2.22. The van der Waals surface area contributed by atoms with E-state index in [1.54, 1.807) is 0 Å². The summed E-state index contributed by atoms with van der Waals surface area (Å²) >= 11 is 0. The Hall–Kier alpha value is -2.13. The van der Waals surface area contributed by atoms with Gasteiger partial charge >= 0.3 is 0 Å². The maximum atomic E-state index is 11.9. The van der Waals surface area contributed by atoms with Crippen LogP contribution in [0.3, 0.4) is 0 Å². The first-order chi connectivity index (χ1) is 10.8. The molecule has 2 aromatic rings. The lowest BCUT2D eigenvalue weighted by Gasteiger charge is -2.07. The Morgan fingerprint density at radius 3 is 2.32 bits per heavy atom. The van der Waals surface area contributed by atoms with Crippen LogP contribution in [0.4, 0.5) is 0 Å². The van der Waals surface area contributed by atoms with Crippen LogP contribution in [0.15, 0.2) is 54.6 Å². The molecule has 0 saturated heterocycles. The van der Waals surface area contributed by atoms with Crippen LogP contribution < -0.4 is 5.32 Å². The second-order valence-corrected chi connectivity index (χ2v) is 5.22. The molecule has 0 unspecified atom stereocenters. The highest BCUT2D eigenvalue weighted by Gasteiger charge is 2.02. The predicted molar refractivity (Wildman–Crippen MR) is 88.4 cm³/mol. The van der Waals surface area contributed by atoms with Gasteiger partial charge in [0.25, 0.3) is 0 Å². The van der Waals surface area contributed by atoms with Crippen LogP contribution in [0.2, 0.25) is 0 Å². The van der Waals surface area contributed by atoms with Crippen molar-refractivity contribution in [3.05, 3.63) is 71.3 Å². The van der Waals surface area contributed by atoms with Gasteiger partial charge in [-0.05, 0) is 30.0 Å². The van der Waals surface area contributed by atoms with Crippen molar-refractivity contribution in [1.29, 1.82) is 0 Å². The highest BCUT2D eigenvalue weighted by molar-refractivity contribution is 5.76. The Bertz CT molecular complexity index is 564. The summed E-state index contributed by atoms with van der Waals surface area (Å²) < 4.78 is 5.36. The molecular formula is C19H23NO2. The van der Waals surface area contributed by atoms with E-state index < -0.39 is 0 Å². The Balaban J connectivity index is 1.71. The van der Waals surface area contributed by atoms with Gasteiger partial charge in [0.2, 0.25) is 5.91 Å². The van der Waals surface area contributed by atoms with Gasteiger partial charge in [0.05, 0.1) is 6.61 Å². The average molecular weight is 297 g/mol. The van der Waals surface area contributed by atoms with E-state index in [1.165, 1.54) is 5.56 Å². The summed E-state index contributed by atoms with van der Waals surface area (Å²) in [5.41, 5.74) is 3.45. The van der Waals surface area contributed by atoms with Gasteiger partial charge in [0.1, 0.15) is 0 Å². The first-order valence-corrected chi connectivity index (χ1v) is 7.74. The third-order valence-corrected chi connectivity index (χ3v) is 3.47. The minimum absolute atomic E-state index is 0.0854. The van der Waals surface area contributed by atoms with Crippen molar-refractivity contribution < 1.29 is 9.53 Å². The van der Waals surface area contributed by atoms with E-state index in [-0.39, 0.29) is 5.91 Å². The molecule has 0 aromatic heterocycles. The van der Waals surface area contributed by atoms with Gasteiger partial charge < -0.3 is 10.1 Å². The summed E-state index contributed by atoms with van der Waals surface area (Å²) in [7, 11) is 0. The lowest BCUT2D eigenvalue weighted by atomic mass is 10.1. The standard InChI is InChI=1S/C19H23NO2/c1-2-22-15-18-10-8-17(9-11-18)14-20-19(21)13-12-16-6-4-3-5-7-16/h3-11H,2,12-15H2,1H3,(H,20,21). The van der Waals surface area contributed by atoms with Crippen molar-refractivity contribution in [3.8, 4) is 0 Å². The summed E-state index contributed by atoms with van der Waals surface area (Å²) in [5.74, 6) is 0.0854. The van der Waals surface area contributed by atoms with E-state index >= 15 is 0 Å². The molecule has 0 bridgehead atoms. The zero-order valence-corrected chi connectivity index (χ0v) is 13.0. The van der Waals surface area contributed by atoms with Gasteiger partial charge in [-0.2, -0.15) is 0 Å². The van der Waals surface area contributed by atoms with E-state index in [0.717, 1.165) is 24.2 Å². The van der Waals surface area contributed by atoms with Crippen LogP contribution in [0, 0.1) is 0 Å². The van der Waals surface area contributed by atoms with E-state index in [2.05, 4.69) is 5.32 Å². The summed E-state index contributed by atoms with van der Waals surface area (Å²) in [5, 5.41) is 2.96. The zero-order valence-electron chi connectivity index (χ0n) is 13.0. The first-order valence-electron chi connectivity index (χ1n) is 7.74. The quantitative estimate of drug-likeness (QED) is 0.810. The average Bonchev–Trinajstić information content (AvgIpc) is 2.58. The molecule has 0 atom stereocenters. The van der Waals surface area contributed by atoms with Gasteiger partial charge in [-0.25, -0.2) is 0 Å². The SMILES string of the molecule is CCOCc1ccc(CNC(=O)CCc2ccccc2)cc1. The second-order valence-electron chi connectivity index (χ2n) is 5.22. The number of aryl methyl sites for hydroxylation is 1. The van der Waals surface area contributed by atoms with Crippen LogP contribution in [-0.2, 0) is 29.1 Å². The largest absolute Gasteiger partial charge is 0.377 e. The van der Waals surface area contributed by atoms with Crippen molar-refractivity contribution in [1.82, 2.24) is 5.32 Å². The van der Waals surface area contributed by atoms with Gasteiger partial charge in [0.15, 0.2) is 0 Å². The predicted octanol–water partition coefficient (Wildman–Crippen LogP) is 3.47. The smallest absolute Gasteiger partial charge is 0.220 e. The normalized spacial score (nSPS) is 10.4. The summed E-state index contributed by atoms with van der Waals surface area (Å²) in [4.78, 5) is 11.9. The molecule has 2 rings (SSSR count). The number of benzene rings is 2. The molecule has 0 saturated carbocycles. The van der Waals surface area contributed by atoms with Crippen LogP contribution in [0.25, 0.3) is 0 Å². The van der Waals surface area contributed by atoms with Crippen LogP contribution >= 0.6 is 0 Å². The van der Waals surface area contributed by atoms with Crippen molar-refractivity contribution in [2.45, 2.75) is 32.9 Å². The number of hydrogen-bond donors (Lipinski definition) is 1. The fraction of sp³-hybridized carbons (Fsp3) is 0.316. The zero-order chi connectivity index (χ0) is 15.6. The van der Waals surface area contributed by atoms with Crippen molar-refractivity contribution in [3.63, 3.8) is 0 Å². The van der Waals surface area contributed by atoms with Crippen LogP contribution in [0.5, 0.6) is 0 Å². The maximum absolute atomic E-state index is 11.9. The van der Waals surface area contributed by atoms with E-state index in [0.29, 0.717) is 19.6 Å². The number of amides is 1. The monoisotopic (exact) mass is 297 g/mol. The van der Waals surface area contributed by atoms with Gasteiger partial charge in [0, 0.05) is 19.6 Å². The van der Waals surface area contributed by atoms with Crippen molar-refractivity contribution in [2.75, 3.05) is 6.61 Å². The molecular weight excluding hydrogens is 274 g/mol. The molecule has 1 N–H and O–H groups in total. The number of rotatable bonds is 8. The Labute approximate surface area is 132 Å². The Kier molecular flexibility index (Phi) is 6.65. The van der Waals surface area contributed by atoms with Crippen LogP contribution in [-0.4, -0.2) is 12.5 Å². The molecule has 0 spiro atoms. The molecule has 0 heterocycles. The first kappa shape index (κ1) is 16.2. The van der Waals surface area contributed by atoms with Gasteiger partial charge in [-0.15, -0.1) is 0 Å². The third-order valence-electron chi connectivity index (χ3n) is 3.47. The van der Waals surface area contributed by atoms with E-state index in [9.17, 15) is 4.79 Å². The number of ether oxygens (including phenoxy) is 1. The summed E-state index contributed by atoms with van der Waals surface area (Å²) in [6.07, 6.45) is 1.30. The second kappa shape index (κ2) is 9.00. The molecule has 0 aliphatic rings. The molecule has 0 fully saturated rings. The molecule has 3 heteroatoms. The van der Waals surface area contributed by atoms with Gasteiger partial charge in [-0.3, -0.25) is 4.79 Å². The molecule has 1 amide bonds. The van der Waals surface area contributed by atoms with E-state index in [1.807, 2.05) is 61.5 Å². The fourth-order valence-electron chi connectivity index (χ4n) is 2.16. The van der Waals surface area contributed by atoms with Crippen molar-refractivity contribution >= 4 is 5.91 Å². The number of hydrogen-bond acceptors (Lipinski definition) is 2. The molecule has 0 aliphatic heterocycles. The molecule has 22 heavy (non-hydrogen) atoms. The number of nitrogens with one attached hydrogen (secondary N) is 1. The molecule has 0 aliphatic carbocycles. The third kappa shape index (κ3) is 5.70. The molecule has 2 aromatic carbocycles. The van der Waals surface area contributed by atoms with Crippen molar-refractivity contribution in [2.24, 2.45) is 0 Å². The van der Waals surface area contributed by atoms with Crippen LogP contribution in [0.1, 0.15) is 30.0 Å². The highest BCUT2D eigenvalue weighted by atomic mass is 16.5. The van der Waals surface area contributed by atoms with E-state index in [4.69, 9.17) is 4.74 Å². The lowest BCUT2D eigenvalue weighted by molar-refractivity contribution is -0.121. The highest BCUT2D eigenvalue weighted by Crippen LogP contribution is 2.06. The number of carbonyl (C=O) groups excluding carboxylic acids is 1. The molecule has 3 nitrogen and oxygen atoms in total. The Morgan fingerprint density at radius 2 is 1.64 bits per heavy atom. The fourth-order valence-corrected chi connectivity index (χ4v) is 2.16. The summed E-state index contributed by atoms with van der Waals surface area (Å²) in [6.45, 7) is 3.92. The number of carbonyl (C=O) groups is 1. The molecule has 0 radical (unpaired) electrons. The molecule has 116 valence electrons. The maximum Gasteiger partial charge on any atom is 0.220 e. The minimum atomic E-state index is 0.0854. The summed E-state index contributed by atoms with van der Waals surface area (Å²) in [6, 6.07) is 18.2. The Morgan fingerprint density at radius 1 is 0.955 bits per heavy atom. The minimum Gasteiger partial charge on any atom is -0.377 e. The topological polar surface area (TPSA) is 38.3 Å².